The fourth-order valence-corrected chi connectivity index (χ4v) is 3.86. The normalized spacial score (nSPS) is 13.9. The molecule has 0 bridgehead atoms. The molecule has 18 heavy (non-hydrogen) atoms. The second-order valence-corrected chi connectivity index (χ2v) is 6.50. The Balaban J connectivity index is 2.70. The van der Waals surface area contributed by atoms with Crippen molar-refractivity contribution in [1.29, 1.82) is 0 Å². The van der Waals surface area contributed by atoms with Crippen LogP contribution in [0.1, 0.15) is 19.8 Å². The average molecular weight is 269 g/mol. The third-order valence-corrected chi connectivity index (χ3v) is 5.29. The maximum absolute atomic E-state index is 12.7. The van der Waals surface area contributed by atoms with Gasteiger partial charge < -0.3 is 9.84 Å². The molecule has 100 valence electrons. The summed E-state index contributed by atoms with van der Waals surface area (Å²) in [6.07, 6.45) is 1.34. The Morgan fingerprint density at radius 1 is 1.33 bits per heavy atom. The Kier molecular flexibility index (Phi) is 6.10. The maximum atomic E-state index is 12.7. The molecule has 4 nitrogen and oxygen atoms in total. The van der Waals surface area contributed by atoms with Crippen LogP contribution in [0, 0.1) is 0 Å². The van der Waals surface area contributed by atoms with Crippen molar-refractivity contribution in [1.82, 2.24) is 5.32 Å². The highest BCUT2D eigenvalue weighted by molar-refractivity contribution is 7.67. The molecule has 1 aromatic rings. The van der Waals surface area contributed by atoms with Crippen molar-refractivity contribution in [2.45, 2.75) is 19.8 Å². The fraction of sp³-hybridized carbons (Fsp3) is 0.462. The zero-order valence-electron chi connectivity index (χ0n) is 10.9. The van der Waals surface area contributed by atoms with E-state index in [1.165, 1.54) is 0 Å². The van der Waals surface area contributed by atoms with E-state index in [0.717, 1.165) is 5.30 Å². The van der Waals surface area contributed by atoms with E-state index in [4.69, 9.17) is 4.52 Å². The Morgan fingerprint density at radius 3 is 2.56 bits per heavy atom. The Hall–Kier alpha value is -1.12. The van der Waals surface area contributed by atoms with Crippen LogP contribution >= 0.6 is 7.37 Å². The van der Waals surface area contributed by atoms with E-state index in [1.54, 1.807) is 7.05 Å². The smallest absolute Gasteiger partial charge is 0.232 e. The maximum Gasteiger partial charge on any atom is 0.232 e. The van der Waals surface area contributed by atoms with E-state index in [-0.39, 0.29) is 5.91 Å². The fourth-order valence-electron chi connectivity index (χ4n) is 1.70. The molecule has 0 spiro atoms. The van der Waals surface area contributed by atoms with Crippen LogP contribution in [0.25, 0.3) is 0 Å². The number of carbonyl (C=O) groups excluding carboxylic acids is 1. The van der Waals surface area contributed by atoms with Gasteiger partial charge in [0.05, 0.1) is 6.61 Å². The lowest BCUT2D eigenvalue weighted by Crippen LogP contribution is -2.18. The van der Waals surface area contributed by atoms with Gasteiger partial charge in [-0.15, -0.1) is 0 Å². The van der Waals surface area contributed by atoms with E-state index in [9.17, 15) is 9.36 Å². The van der Waals surface area contributed by atoms with Gasteiger partial charge in [-0.1, -0.05) is 18.2 Å². The summed E-state index contributed by atoms with van der Waals surface area (Å²) in [4.78, 5) is 11.2. The van der Waals surface area contributed by atoms with Gasteiger partial charge in [0, 0.05) is 24.9 Å². The van der Waals surface area contributed by atoms with Gasteiger partial charge in [-0.3, -0.25) is 9.36 Å². The SMILES string of the molecule is CCOP(=O)(CCCC(=O)NC)c1ccccc1. The summed E-state index contributed by atoms with van der Waals surface area (Å²) in [5.74, 6) is -0.0360. The molecule has 1 atom stereocenters. The zero-order valence-corrected chi connectivity index (χ0v) is 11.8. The molecule has 5 heteroatoms. The molecule has 1 N–H and O–H groups in total. The first-order valence-corrected chi connectivity index (χ1v) is 7.93. The van der Waals surface area contributed by atoms with Gasteiger partial charge in [0.2, 0.25) is 13.3 Å². The first kappa shape index (κ1) is 14.9. The lowest BCUT2D eigenvalue weighted by atomic mass is 10.3. The van der Waals surface area contributed by atoms with Crippen LogP contribution in [0.4, 0.5) is 0 Å². The highest BCUT2D eigenvalue weighted by Crippen LogP contribution is 2.46. The number of rotatable bonds is 7. The van der Waals surface area contributed by atoms with Crippen LogP contribution in [0.15, 0.2) is 30.3 Å². The summed E-state index contributed by atoms with van der Waals surface area (Å²) in [5.41, 5.74) is 0. The lowest BCUT2D eigenvalue weighted by molar-refractivity contribution is -0.120. The number of hydrogen-bond donors (Lipinski definition) is 1. The molecule has 1 rings (SSSR count). The first-order chi connectivity index (χ1) is 8.62. The molecule has 0 aliphatic rings. The Bertz CT molecular complexity index is 420. The number of amides is 1. The van der Waals surface area contributed by atoms with Crippen LogP contribution in [-0.4, -0.2) is 25.7 Å². The van der Waals surface area contributed by atoms with E-state index in [1.807, 2.05) is 37.3 Å². The molecule has 0 fully saturated rings. The summed E-state index contributed by atoms with van der Waals surface area (Å²) in [5, 5.41) is 3.28. The van der Waals surface area contributed by atoms with Crippen molar-refractivity contribution in [2.75, 3.05) is 19.8 Å². The Morgan fingerprint density at radius 2 is 2.00 bits per heavy atom. The predicted molar refractivity (Wildman–Crippen MR) is 73.5 cm³/mol. The molecule has 0 saturated heterocycles. The Labute approximate surface area is 108 Å². The average Bonchev–Trinajstić information content (AvgIpc) is 2.40. The number of carbonyl (C=O) groups is 1. The van der Waals surface area contributed by atoms with Gasteiger partial charge in [0.1, 0.15) is 0 Å². The molecule has 1 aromatic carbocycles. The minimum Gasteiger partial charge on any atom is -0.359 e. The monoisotopic (exact) mass is 269 g/mol. The first-order valence-electron chi connectivity index (χ1n) is 6.12. The van der Waals surface area contributed by atoms with Crippen molar-refractivity contribution < 1.29 is 13.9 Å². The van der Waals surface area contributed by atoms with Gasteiger partial charge in [-0.05, 0) is 25.5 Å². The predicted octanol–water partition coefficient (Wildman–Crippen LogP) is 2.15. The topological polar surface area (TPSA) is 55.4 Å². The van der Waals surface area contributed by atoms with Crippen LogP contribution in [0.3, 0.4) is 0 Å². The lowest BCUT2D eigenvalue weighted by Gasteiger charge is -2.17. The molecule has 0 heterocycles. The highest BCUT2D eigenvalue weighted by Gasteiger charge is 2.24. The van der Waals surface area contributed by atoms with E-state index in [0.29, 0.717) is 25.6 Å². The third-order valence-electron chi connectivity index (χ3n) is 2.62. The second kappa shape index (κ2) is 7.34. The number of hydrogen-bond acceptors (Lipinski definition) is 3. The molecule has 0 radical (unpaired) electrons. The van der Waals surface area contributed by atoms with Crippen molar-refractivity contribution >= 4 is 18.6 Å². The quantitative estimate of drug-likeness (QED) is 0.772. The van der Waals surface area contributed by atoms with Crippen molar-refractivity contribution in [3.05, 3.63) is 30.3 Å². The summed E-state index contributed by atoms with van der Waals surface area (Å²) in [7, 11) is -1.22. The molecule has 0 aliphatic carbocycles. The molecular weight excluding hydrogens is 249 g/mol. The molecule has 0 saturated carbocycles. The molecule has 1 unspecified atom stereocenters. The molecule has 1 amide bonds. The summed E-state index contributed by atoms with van der Waals surface area (Å²) < 4.78 is 18.2. The summed E-state index contributed by atoms with van der Waals surface area (Å²) in [6.45, 7) is 2.24. The van der Waals surface area contributed by atoms with Gasteiger partial charge in [-0.2, -0.15) is 0 Å². The van der Waals surface area contributed by atoms with E-state index in [2.05, 4.69) is 5.32 Å². The minimum absolute atomic E-state index is 0.0360. The molecule has 0 aliphatic heterocycles. The summed E-state index contributed by atoms with van der Waals surface area (Å²) >= 11 is 0. The zero-order chi connectivity index (χ0) is 13.4. The van der Waals surface area contributed by atoms with E-state index >= 15 is 0 Å². The summed E-state index contributed by atoms with van der Waals surface area (Å²) in [6, 6.07) is 9.20. The van der Waals surface area contributed by atoms with Crippen molar-refractivity contribution in [3.8, 4) is 0 Å². The number of nitrogens with one attached hydrogen (secondary N) is 1. The van der Waals surface area contributed by atoms with Crippen LogP contribution in [0.5, 0.6) is 0 Å². The molecule has 0 aromatic heterocycles. The van der Waals surface area contributed by atoms with Crippen LogP contribution < -0.4 is 10.6 Å². The van der Waals surface area contributed by atoms with Crippen molar-refractivity contribution in [3.63, 3.8) is 0 Å². The second-order valence-electron chi connectivity index (χ2n) is 3.93. The molecular formula is C13H20NO3P. The van der Waals surface area contributed by atoms with Gasteiger partial charge in [0.15, 0.2) is 0 Å². The van der Waals surface area contributed by atoms with Crippen LogP contribution in [0.2, 0.25) is 0 Å². The minimum atomic E-state index is -2.82. The van der Waals surface area contributed by atoms with Crippen molar-refractivity contribution in [2.24, 2.45) is 0 Å². The number of benzene rings is 1. The van der Waals surface area contributed by atoms with Crippen LogP contribution in [-0.2, 0) is 13.9 Å². The highest BCUT2D eigenvalue weighted by atomic mass is 31.2. The van der Waals surface area contributed by atoms with Gasteiger partial charge in [-0.25, -0.2) is 0 Å². The van der Waals surface area contributed by atoms with Gasteiger partial charge >= 0.3 is 0 Å². The van der Waals surface area contributed by atoms with Gasteiger partial charge in [0.25, 0.3) is 0 Å². The third kappa shape index (κ3) is 4.28. The standard InChI is InChI=1S/C13H20NO3P/c1-3-17-18(16,11-7-10-13(15)14-2)12-8-5-4-6-9-12/h4-6,8-9H,3,7,10-11H2,1-2H3,(H,14,15). The van der Waals surface area contributed by atoms with E-state index < -0.39 is 7.37 Å². The largest absolute Gasteiger partial charge is 0.359 e.